The van der Waals surface area contributed by atoms with E-state index in [-0.39, 0.29) is 5.56 Å². The van der Waals surface area contributed by atoms with Gasteiger partial charge in [-0.25, -0.2) is 4.79 Å². The van der Waals surface area contributed by atoms with Crippen LogP contribution in [0.5, 0.6) is 0 Å². The van der Waals surface area contributed by atoms with E-state index in [0.29, 0.717) is 14.9 Å². The molecule has 1 aromatic carbocycles. The second-order valence-corrected chi connectivity index (χ2v) is 5.88. The first-order valence-electron chi connectivity index (χ1n) is 4.98. The summed E-state index contributed by atoms with van der Waals surface area (Å²) >= 11 is 4.30. The number of aromatic carboxylic acids is 1. The predicted octanol–water partition coefficient (Wildman–Crippen LogP) is 4.89. The first-order valence-corrected chi connectivity index (χ1v) is 6.66. The van der Waals surface area contributed by atoms with Gasteiger partial charge >= 0.3 is 12.1 Å². The van der Waals surface area contributed by atoms with Crippen molar-refractivity contribution in [2.24, 2.45) is 0 Å². The van der Waals surface area contributed by atoms with Crippen molar-refractivity contribution in [3.63, 3.8) is 0 Å². The number of carboxylic acids is 1. The maximum absolute atomic E-state index is 12.4. The van der Waals surface area contributed by atoms with E-state index in [2.05, 4.69) is 15.9 Å². The van der Waals surface area contributed by atoms with E-state index in [0.717, 1.165) is 12.1 Å². The number of carboxylic acid groups (broad SMARTS) is 1. The molecule has 0 bridgehead atoms. The lowest BCUT2D eigenvalue weighted by molar-refractivity contribution is -0.137. The molecule has 2 rings (SSSR count). The highest BCUT2D eigenvalue weighted by molar-refractivity contribution is 9.11. The summed E-state index contributed by atoms with van der Waals surface area (Å²) in [6, 6.07) is 4.41. The number of hydrogen-bond acceptors (Lipinski definition) is 2. The van der Waals surface area contributed by atoms with Gasteiger partial charge in [-0.1, -0.05) is 12.1 Å². The molecule has 2 aromatic rings. The monoisotopic (exact) mass is 350 g/mol. The van der Waals surface area contributed by atoms with Gasteiger partial charge in [0.1, 0.15) is 0 Å². The van der Waals surface area contributed by atoms with Crippen LogP contribution in [-0.4, -0.2) is 11.1 Å². The van der Waals surface area contributed by atoms with E-state index < -0.39 is 17.7 Å². The Hall–Kier alpha value is -1.34. The third kappa shape index (κ3) is 2.82. The smallest absolute Gasteiger partial charge is 0.416 e. The summed E-state index contributed by atoms with van der Waals surface area (Å²) in [5, 5.41) is 10.7. The molecule has 0 saturated carbocycles. The van der Waals surface area contributed by atoms with Gasteiger partial charge < -0.3 is 5.11 Å². The standard InChI is InChI=1S/C12H6BrF3O2S/c13-10-9(11(17)18)8(5-19-10)6-1-3-7(4-2-6)12(14,15)16/h1-5H,(H,17,18). The first-order chi connectivity index (χ1) is 8.80. The van der Waals surface area contributed by atoms with Gasteiger partial charge in [0.05, 0.1) is 14.9 Å². The fraction of sp³-hybridized carbons (Fsp3) is 0.0833. The lowest BCUT2D eigenvalue weighted by Gasteiger charge is -2.07. The van der Waals surface area contributed by atoms with Crippen molar-refractivity contribution in [2.45, 2.75) is 6.18 Å². The van der Waals surface area contributed by atoms with Crippen molar-refractivity contribution in [3.8, 4) is 11.1 Å². The van der Waals surface area contributed by atoms with Crippen LogP contribution in [0.25, 0.3) is 11.1 Å². The summed E-state index contributed by atoms with van der Waals surface area (Å²) in [6.07, 6.45) is -4.40. The normalized spacial score (nSPS) is 11.6. The van der Waals surface area contributed by atoms with Crippen LogP contribution in [-0.2, 0) is 6.18 Å². The third-order valence-electron chi connectivity index (χ3n) is 2.48. The second kappa shape index (κ2) is 4.97. The summed E-state index contributed by atoms with van der Waals surface area (Å²) in [6.45, 7) is 0. The number of thiophene rings is 1. The van der Waals surface area contributed by atoms with Gasteiger partial charge in [0, 0.05) is 10.9 Å². The molecule has 2 nitrogen and oxygen atoms in total. The Labute approximate surface area is 118 Å². The molecule has 0 radical (unpaired) electrons. The highest BCUT2D eigenvalue weighted by Gasteiger charge is 2.30. The zero-order chi connectivity index (χ0) is 14.2. The third-order valence-corrected chi connectivity index (χ3v) is 4.21. The van der Waals surface area contributed by atoms with Gasteiger partial charge in [-0.15, -0.1) is 11.3 Å². The number of benzene rings is 1. The van der Waals surface area contributed by atoms with Crippen molar-refractivity contribution >= 4 is 33.2 Å². The summed E-state index contributed by atoms with van der Waals surface area (Å²) in [7, 11) is 0. The largest absolute Gasteiger partial charge is 0.478 e. The van der Waals surface area contributed by atoms with Crippen LogP contribution in [0.15, 0.2) is 33.4 Å². The number of hydrogen-bond donors (Lipinski definition) is 1. The topological polar surface area (TPSA) is 37.3 Å². The lowest BCUT2D eigenvalue weighted by atomic mass is 10.0. The van der Waals surface area contributed by atoms with Gasteiger partial charge in [0.25, 0.3) is 0 Å². The molecule has 0 fully saturated rings. The average Bonchev–Trinajstić information content (AvgIpc) is 2.70. The van der Waals surface area contributed by atoms with Crippen molar-refractivity contribution in [1.29, 1.82) is 0 Å². The predicted molar refractivity (Wildman–Crippen MR) is 69.4 cm³/mol. The maximum atomic E-state index is 12.4. The minimum atomic E-state index is -4.40. The Morgan fingerprint density at radius 1 is 1.21 bits per heavy atom. The molecular formula is C12H6BrF3O2S. The van der Waals surface area contributed by atoms with Gasteiger partial charge in [0.15, 0.2) is 0 Å². The molecular weight excluding hydrogens is 345 g/mol. The van der Waals surface area contributed by atoms with Crippen LogP contribution in [0, 0.1) is 0 Å². The molecule has 7 heteroatoms. The highest BCUT2D eigenvalue weighted by Crippen LogP contribution is 2.37. The minimum absolute atomic E-state index is 0.0600. The van der Waals surface area contributed by atoms with Crippen LogP contribution in [0.1, 0.15) is 15.9 Å². The Morgan fingerprint density at radius 3 is 2.26 bits per heavy atom. The summed E-state index contributed by atoms with van der Waals surface area (Å²) in [5.41, 5.74) is 0.137. The Bertz CT molecular complexity index is 617. The number of rotatable bonds is 2. The molecule has 0 spiro atoms. The lowest BCUT2D eigenvalue weighted by Crippen LogP contribution is -2.04. The molecule has 0 unspecified atom stereocenters. The van der Waals surface area contributed by atoms with E-state index in [1.807, 2.05) is 0 Å². The Balaban J connectivity index is 2.46. The summed E-state index contributed by atoms with van der Waals surface area (Å²) in [4.78, 5) is 11.1. The van der Waals surface area contributed by atoms with E-state index in [4.69, 9.17) is 5.11 Å². The Kier molecular flexibility index (Phi) is 3.69. The van der Waals surface area contributed by atoms with Crippen LogP contribution >= 0.6 is 27.3 Å². The number of alkyl halides is 3. The molecule has 0 atom stereocenters. The molecule has 100 valence electrons. The molecule has 19 heavy (non-hydrogen) atoms. The van der Waals surface area contributed by atoms with E-state index in [1.54, 1.807) is 5.38 Å². The SMILES string of the molecule is O=C(O)c1c(-c2ccc(C(F)(F)F)cc2)csc1Br. The molecule has 0 aliphatic heterocycles. The number of carbonyl (C=O) groups is 1. The van der Waals surface area contributed by atoms with Gasteiger partial charge in [-0.05, 0) is 33.6 Å². The molecule has 1 aromatic heterocycles. The first kappa shape index (κ1) is 14.1. The minimum Gasteiger partial charge on any atom is -0.478 e. The van der Waals surface area contributed by atoms with Gasteiger partial charge in [-0.3, -0.25) is 0 Å². The molecule has 1 N–H and O–H groups in total. The summed E-state index contributed by atoms with van der Waals surface area (Å²) < 4.78 is 37.7. The van der Waals surface area contributed by atoms with Crippen LogP contribution in [0.4, 0.5) is 13.2 Å². The zero-order valence-electron chi connectivity index (χ0n) is 9.16. The molecule has 0 aliphatic rings. The number of halogens is 4. The van der Waals surface area contributed by atoms with E-state index in [1.165, 1.54) is 23.5 Å². The second-order valence-electron chi connectivity index (χ2n) is 3.68. The van der Waals surface area contributed by atoms with Crippen LogP contribution in [0.2, 0.25) is 0 Å². The fourth-order valence-electron chi connectivity index (χ4n) is 1.58. The Morgan fingerprint density at radius 2 is 1.79 bits per heavy atom. The van der Waals surface area contributed by atoms with Crippen molar-refractivity contribution in [1.82, 2.24) is 0 Å². The molecule has 0 aliphatic carbocycles. The van der Waals surface area contributed by atoms with E-state index in [9.17, 15) is 18.0 Å². The van der Waals surface area contributed by atoms with Gasteiger partial charge in [-0.2, -0.15) is 13.2 Å². The molecule has 0 saturated heterocycles. The van der Waals surface area contributed by atoms with Crippen LogP contribution in [0.3, 0.4) is 0 Å². The maximum Gasteiger partial charge on any atom is 0.416 e. The van der Waals surface area contributed by atoms with Crippen LogP contribution < -0.4 is 0 Å². The molecule has 0 amide bonds. The van der Waals surface area contributed by atoms with Crippen molar-refractivity contribution in [2.75, 3.05) is 0 Å². The van der Waals surface area contributed by atoms with Crippen molar-refractivity contribution < 1.29 is 23.1 Å². The van der Waals surface area contributed by atoms with E-state index >= 15 is 0 Å². The quantitative estimate of drug-likeness (QED) is 0.836. The zero-order valence-corrected chi connectivity index (χ0v) is 11.6. The molecule has 1 heterocycles. The van der Waals surface area contributed by atoms with Crippen molar-refractivity contribution in [3.05, 3.63) is 44.6 Å². The fourth-order valence-corrected chi connectivity index (χ4v) is 3.04. The summed E-state index contributed by atoms with van der Waals surface area (Å²) in [5.74, 6) is -1.12. The van der Waals surface area contributed by atoms with Gasteiger partial charge in [0.2, 0.25) is 0 Å². The average molecular weight is 351 g/mol. The highest BCUT2D eigenvalue weighted by atomic mass is 79.9.